The van der Waals surface area contributed by atoms with Crippen molar-refractivity contribution in [1.82, 2.24) is 10.6 Å². The summed E-state index contributed by atoms with van der Waals surface area (Å²) in [5.74, 6) is 0.266. The minimum atomic E-state index is -0.316. The van der Waals surface area contributed by atoms with Crippen LogP contribution in [0, 0.1) is 0 Å². The molecule has 0 aliphatic rings. The molecule has 2 aromatic rings. The van der Waals surface area contributed by atoms with E-state index in [9.17, 15) is 9.59 Å². The van der Waals surface area contributed by atoms with Gasteiger partial charge in [0.2, 0.25) is 0 Å². The molecule has 7 heteroatoms. The van der Waals surface area contributed by atoms with Gasteiger partial charge in [0, 0.05) is 23.4 Å². The van der Waals surface area contributed by atoms with E-state index in [0.717, 1.165) is 12.2 Å². The fourth-order valence-electron chi connectivity index (χ4n) is 2.94. The first-order chi connectivity index (χ1) is 15.0. The average Bonchev–Trinajstić information content (AvgIpc) is 2.77. The zero-order valence-electron chi connectivity index (χ0n) is 18.2. The highest BCUT2D eigenvalue weighted by atomic mass is 32.1. The minimum Gasteiger partial charge on any atom is -0.494 e. The second-order valence-corrected chi connectivity index (χ2v) is 7.54. The fraction of sp³-hybridized carbons (Fsp3) is 0.375. The van der Waals surface area contributed by atoms with Crippen LogP contribution in [-0.4, -0.2) is 30.1 Å². The molecule has 0 radical (unpaired) electrons. The Morgan fingerprint density at radius 3 is 2.35 bits per heavy atom. The Morgan fingerprint density at radius 1 is 0.903 bits per heavy atom. The zero-order chi connectivity index (χ0) is 22.5. The van der Waals surface area contributed by atoms with Crippen LogP contribution >= 0.6 is 12.2 Å². The first-order valence-corrected chi connectivity index (χ1v) is 11.2. The van der Waals surface area contributed by atoms with E-state index in [1.54, 1.807) is 48.5 Å². The number of rotatable bonds is 11. The molecule has 0 unspecified atom stereocenters. The molecule has 2 amide bonds. The van der Waals surface area contributed by atoms with Crippen LogP contribution in [-0.2, 0) is 0 Å². The number of anilines is 1. The molecule has 0 fully saturated rings. The molecule has 0 atom stereocenters. The molecule has 6 nitrogen and oxygen atoms in total. The van der Waals surface area contributed by atoms with Crippen molar-refractivity contribution in [3.8, 4) is 5.75 Å². The van der Waals surface area contributed by atoms with Gasteiger partial charge in [-0.25, -0.2) is 0 Å². The molecule has 0 saturated heterocycles. The van der Waals surface area contributed by atoms with Gasteiger partial charge < -0.3 is 15.4 Å². The third-order valence-electron chi connectivity index (χ3n) is 4.58. The number of hydrogen-bond acceptors (Lipinski definition) is 4. The average molecular weight is 442 g/mol. The van der Waals surface area contributed by atoms with Gasteiger partial charge in [-0.3, -0.25) is 14.9 Å². The third kappa shape index (κ3) is 8.76. The van der Waals surface area contributed by atoms with Crippen LogP contribution in [0.25, 0.3) is 0 Å². The van der Waals surface area contributed by atoms with Gasteiger partial charge in [-0.05, 0) is 68.0 Å². The molecular weight excluding hydrogens is 410 g/mol. The lowest BCUT2D eigenvalue weighted by atomic mass is 10.2. The first kappa shape index (κ1) is 24.3. The number of thiocarbonyl (C=S) groups is 1. The molecule has 2 rings (SSSR count). The summed E-state index contributed by atoms with van der Waals surface area (Å²) in [5, 5.41) is 8.49. The lowest BCUT2D eigenvalue weighted by Crippen LogP contribution is -2.34. The van der Waals surface area contributed by atoms with E-state index >= 15 is 0 Å². The minimum absolute atomic E-state index is 0.158. The SMILES string of the molecule is CCCCCCCOc1ccc(C(=O)NC(=S)Nc2cccc(C(=O)NCC)c2)cc1. The summed E-state index contributed by atoms with van der Waals surface area (Å²) in [7, 11) is 0. The van der Waals surface area contributed by atoms with Crippen LogP contribution in [0.15, 0.2) is 48.5 Å². The Bertz CT molecular complexity index is 869. The largest absolute Gasteiger partial charge is 0.494 e. The number of ether oxygens (including phenoxy) is 1. The van der Waals surface area contributed by atoms with Crippen molar-refractivity contribution in [2.45, 2.75) is 46.0 Å². The Labute approximate surface area is 189 Å². The van der Waals surface area contributed by atoms with Crippen LogP contribution in [0.1, 0.15) is 66.7 Å². The van der Waals surface area contributed by atoms with Crippen molar-refractivity contribution < 1.29 is 14.3 Å². The quantitative estimate of drug-likeness (QED) is 0.341. The van der Waals surface area contributed by atoms with Gasteiger partial charge in [-0.1, -0.05) is 38.7 Å². The van der Waals surface area contributed by atoms with Crippen LogP contribution in [0.2, 0.25) is 0 Å². The van der Waals surface area contributed by atoms with E-state index < -0.39 is 0 Å². The number of amides is 2. The number of carbonyl (C=O) groups excluding carboxylic acids is 2. The fourth-order valence-corrected chi connectivity index (χ4v) is 3.15. The standard InChI is InChI=1S/C24H31N3O3S/c1-3-5-6-7-8-16-30-21-14-12-18(13-15-21)23(29)27-24(31)26-20-11-9-10-19(17-20)22(28)25-4-2/h9-15,17H,3-8,16H2,1-2H3,(H,25,28)(H2,26,27,29,31). The maximum absolute atomic E-state index is 12.4. The Morgan fingerprint density at radius 2 is 1.65 bits per heavy atom. The van der Waals surface area contributed by atoms with Crippen molar-refractivity contribution in [3.63, 3.8) is 0 Å². The topological polar surface area (TPSA) is 79.5 Å². The summed E-state index contributed by atoms with van der Waals surface area (Å²) in [5.41, 5.74) is 1.62. The first-order valence-electron chi connectivity index (χ1n) is 10.8. The molecule has 3 N–H and O–H groups in total. The van der Waals surface area contributed by atoms with Crippen LogP contribution in [0.5, 0.6) is 5.75 Å². The molecule has 0 heterocycles. The van der Waals surface area contributed by atoms with Gasteiger partial charge in [0.15, 0.2) is 5.11 Å². The predicted octanol–water partition coefficient (Wildman–Crippen LogP) is 4.91. The highest BCUT2D eigenvalue weighted by Gasteiger charge is 2.10. The van der Waals surface area contributed by atoms with E-state index in [-0.39, 0.29) is 16.9 Å². The smallest absolute Gasteiger partial charge is 0.257 e. The molecule has 0 aliphatic carbocycles. The van der Waals surface area contributed by atoms with Gasteiger partial charge in [0.1, 0.15) is 5.75 Å². The van der Waals surface area contributed by atoms with Crippen LogP contribution < -0.4 is 20.7 Å². The summed E-state index contributed by atoms with van der Waals surface area (Å²) in [6.45, 7) is 5.28. The maximum atomic E-state index is 12.4. The van der Waals surface area contributed by atoms with Crippen molar-refractivity contribution in [3.05, 3.63) is 59.7 Å². The Kier molecular flexibility index (Phi) is 10.5. The molecular formula is C24H31N3O3S. The summed E-state index contributed by atoms with van der Waals surface area (Å²) in [6, 6.07) is 13.9. The molecule has 0 aromatic heterocycles. The number of benzene rings is 2. The van der Waals surface area contributed by atoms with E-state index in [1.165, 1.54) is 25.7 Å². The normalized spacial score (nSPS) is 10.3. The number of hydrogen-bond donors (Lipinski definition) is 3. The third-order valence-corrected chi connectivity index (χ3v) is 4.78. The summed E-state index contributed by atoms with van der Waals surface area (Å²) >= 11 is 5.23. The second-order valence-electron chi connectivity index (χ2n) is 7.14. The molecule has 166 valence electrons. The lowest BCUT2D eigenvalue weighted by Gasteiger charge is -2.11. The Hall–Kier alpha value is -2.93. The van der Waals surface area contributed by atoms with Gasteiger partial charge in [0.25, 0.3) is 11.8 Å². The van der Waals surface area contributed by atoms with Gasteiger partial charge in [-0.15, -0.1) is 0 Å². The highest BCUT2D eigenvalue weighted by Crippen LogP contribution is 2.14. The van der Waals surface area contributed by atoms with Gasteiger partial charge >= 0.3 is 0 Å². The molecule has 0 spiro atoms. The zero-order valence-corrected chi connectivity index (χ0v) is 19.0. The van der Waals surface area contributed by atoms with Crippen LogP contribution in [0.4, 0.5) is 5.69 Å². The number of unbranched alkanes of at least 4 members (excludes halogenated alkanes) is 4. The predicted molar refractivity (Wildman–Crippen MR) is 129 cm³/mol. The van der Waals surface area contributed by atoms with E-state index in [2.05, 4.69) is 22.9 Å². The summed E-state index contributed by atoms with van der Waals surface area (Å²) in [4.78, 5) is 24.4. The summed E-state index contributed by atoms with van der Waals surface area (Å²) in [6.07, 6.45) is 5.93. The second kappa shape index (κ2) is 13.4. The van der Waals surface area contributed by atoms with Gasteiger partial charge in [-0.2, -0.15) is 0 Å². The van der Waals surface area contributed by atoms with E-state index in [1.807, 2.05) is 6.92 Å². The number of nitrogens with one attached hydrogen (secondary N) is 3. The molecule has 0 saturated carbocycles. The monoisotopic (exact) mass is 441 g/mol. The van der Waals surface area contributed by atoms with Crippen molar-refractivity contribution in [2.75, 3.05) is 18.5 Å². The van der Waals surface area contributed by atoms with Crippen molar-refractivity contribution >= 4 is 34.8 Å². The lowest BCUT2D eigenvalue weighted by molar-refractivity contribution is 0.0953. The maximum Gasteiger partial charge on any atom is 0.257 e. The highest BCUT2D eigenvalue weighted by molar-refractivity contribution is 7.80. The molecule has 0 aliphatic heterocycles. The summed E-state index contributed by atoms with van der Waals surface area (Å²) < 4.78 is 5.73. The van der Waals surface area contributed by atoms with Gasteiger partial charge in [0.05, 0.1) is 6.61 Å². The van der Waals surface area contributed by atoms with E-state index in [4.69, 9.17) is 17.0 Å². The Balaban J connectivity index is 1.81. The molecule has 0 bridgehead atoms. The van der Waals surface area contributed by atoms with E-state index in [0.29, 0.717) is 30.0 Å². The molecule has 2 aromatic carbocycles. The van der Waals surface area contributed by atoms with Crippen molar-refractivity contribution in [1.29, 1.82) is 0 Å². The van der Waals surface area contributed by atoms with Crippen LogP contribution in [0.3, 0.4) is 0 Å². The number of carbonyl (C=O) groups is 2. The van der Waals surface area contributed by atoms with Crippen molar-refractivity contribution in [2.24, 2.45) is 0 Å². The molecule has 31 heavy (non-hydrogen) atoms.